The molecule has 88 valence electrons. The molecule has 2 bridgehead atoms. The van der Waals surface area contributed by atoms with E-state index in [1.54, 1.807) is 6.42 Å². The summed E-state index contributed by atoms with van der Waals surface area (Å²) in [5, 5.41) is 6.82. The Balaban J connectivity index is 1.58. The third-order valence-electron chi connectivity index (χ3n) is 4.40. The molecule has 0 aromatic rings. The van der Waals surface area contributed by atoms with Crippen molar-refractivity contribution in [2.75, 3.05) is 20.1 Å². The second-order valence-corrected chi connectivity index (χ2v) is 5.64. The van der Waals surface area contributed by atoms with E-state index in [-0.39, 0.29) is 0 Å². The van der Waals surface area contributed by atoms with E-state index < -0.39 is 0 Å². The molecule has 2 N–H and O–H groups in total. The highest BCUT2D eigenvalue weighted by molar-refractivity contribution is 4.90. The van der Waals surface area contributed by atoms with E-state index in [0.717, 1.165) is 24.3 Å². The maximum Gasteiger partial charge on any atom is 0.0164 e. The van der Waals surface area contributed by atoms with Crippen LogP contribution in [0.15, 0.2) is 0 Å². The Hall–Kier alpha value is -0.0800. The van der Waals surface area contributed by atoms with Crippen molar-refractivity contribution in [3.63, 3.8) is 0 Å². The molecule has 0 heterocycles. The zero-order valence-electron chi connectivity index (χ0n) is 10.3. The van der Waals surface area contributed by atoms with Crippen LogP contribution in [0.3, 0.4) is 0 Å². The lowest BCUT2D eigenvalue weighted by Crippen LogP contribution is -2.36. The number of rotatable bonds is 6. The first-order chi connectivity index (χ1) is 7.29. The summed E-state index contributed by atoms with van der Waals surface area (Å²) in [6, 6.07) is 0.619. The van der Waals surface area contributed by atoms with Gasteiger partial charge in [0.05, 0.1) is 0 Å². The minimum atomic E-state index is 0.619. The van der Waals surface area contributed by atoms with Gasteiger partial charge in [-0.15, -0.1) is 0 Å². The molecule has 0 aromatic carbocycles. The first kappa shape index (κ1) is 11.4. The van der Waals surface area contributed by atoms with Gasteiger partial charge in [0.25, 0.3) is 0 Å². The van der Waals surface area contributed by atoms with Gasteiger partial charge in [0.15, 0.2) is 0 Å². The van der Waals surface area contributed by atoms with E-state index in [0.29, 0.717) is 6.04 Å². The van der Waals surface area contributed by atoms with E-state index in [2.05, 4.69) is 17.6 Å². The molecule has 0 amide bonds. The Labute approximate surface area is 94.2 Å². The summed E-state index contributed by atoms with van der Waals surface area (Å²) in [5.74, 6) is 3.25. The smallest absolute Gasteiger partial charge is 0.0164 e. The van der Waals surface area contributed by atoms with Crippen molar-refractivity contribution in [3.05, 3.63) is 0 Å². The van der Waals surface area contributed by atoms with E-state index in [9.17, 15) is 0 Å². The fraction of sp³-hybridized carbons (Fsp3) is 1.00. The number of nitrogens with one attached hydrogen (secondary N) is 2. The van der Waals surface area contributed by atoms with Crippen LogP contribution in [0, 0.1) is 17.8 Å². The molecule has 2 aliphatic rings. The molecule has 0 saturated heterocycles. The van der Waals surface area contributed by atoms with Crippen molar-refractivity contribution >= 4 is 0 Å². The van der Waals surface area contributed by atoms with Crippen LogP contribution in [-0.2, 0) is 0 Å². The van der Waals surface area contributed by atoms with Gasteiger partial charge in [0, 0.05) is 12.6 Å². The molecule has 2 aliphatic carbocycles. The van der Waals surface area contributed by atoms with Crippen LogP contribution in [0.5, 0.6) is 0 Å². The lowest BCUT2D eigenvalue weighted by atomic mass is 9.86. The molecule has 2 rings (SSSR count). The molecule has 0 radical (unpaired) electrons. The van der Waals surface area contributed by atoms with E-state index in [1.165, 1.54) is 32.2 Å². The maximum absolute atomic E-state index is 3.61. The van der Waals surface area contributed by atoms with Crippen molar-refractivity contribution in [2.24, 2.45) is 17.8 Å². The summed E-state index contributed by atoms with van der Waals surface area (Å²) in [5.41, 5.74) is 0. The molecule has 2 nitrogen and oxygen atoms in total. The topological polar surface area (TPSA) is 24.1 Å². The Morgan fingerprint density at radius 1 is 1.27 bits per heavy atom. The van der Waals surface area contributed by atoms with Crippen molar-refractivity contribution < 1.29 is 0 Å². The van der Waals surface area contributed by atoms with Gasteiger partial charge in [0.1, 0.15) is 0 Å². The lowest BCUT2D eigenvalue weighted by molar-refractivity contribution is 0.306. The highest BCUT2D eigenvalue weighted by atomic mass is 15.0. The molecule has 15 heavy (non-hydrogen) atoms. The van der Waals surface area contributed by atoms with E-state index in [1.807, 2.05) is 7.05 Å². The van der Waals surface area contributed by atoms with Crippen molar-refractivity contribution in [2.45, 2.75) is 45.1 Å². The first-order valence-corrected chi connectivity index (χ1v) is 6.67. The molecule has 0 aromatic heterocycles. The van der Waals surface area contributed by atoms with E-state index >= 15 is 0 Å². The normalized spacial score (nSPS) is 36.0. The van der Waals surface area contributed by atoms with Gasteiger partial charge < -0.3 is 10.6 Å². The lowest BCUT2D eigenvalue weighted by Gasteiger charge is -2.22. The molecular formula is C13H26N2. The second-order valence-electron chi connectivity index (χ2n) is 5.64. The molecule has 2 heteroatoms. The second kappa shape index (κ2) is 5.31. The summed E-state index contributed by atoms with van der Waals surface area (Å²) >= 11 is 0. The third kappa shape index (κ3) is 2.94. The molecule has 2 saturated carbocycles. The van der Waals surface area contributed by atoms with Gasteiger partial charge in [-0.2, -0.15) is 0 Å². The van der Waals surface area contributed by atoms with Crippen LogP contribution < -0.4 is 10.6 Å². The molecule has 4 atom stereocenters. The van der Waals surface area contributed by atoms with Gasteiger partial charge in [0.2, 0.25) is 0 Å². The average Bonchev–Trinajstić information content (AvgIpc) is 2.79. The highest BCUT2D eigenvalue weighted by Gasteiger charge is 2.38. The van der Waals surface area contributed by atoms with Gasteiger partial charge in [-0.25, -0.2) is 0 Å². The third-order valence-corrected chi connectivity index (χ3v) is 4.40. The van der Waals surface area contributed by atoms with Gasteiger partial charge in [-0.3, -0.25) is 0 Å². The number of hydrogen-bond donors (Lipinski definition) is 2. The average molecular weight is 210 g/mol. The number of hydrogen-bond acceptors (Lipinski definition) is 2. The summed E-state index contributed by atoms with van der Waals surface area (Å²) < 4.78 is 0. The molecule has 0 aliphatic heterocycles. The van der Waals surface area contributed by atoms with Gasteiger partial charge in [-0.05, 0) is 64.0 Å². The van der Waals surface area contributed by atoms with Crippen molar-refractivity contribution in [3.8, 4) is 0 Å². The number of fused-ring (bicyclic) bond motifs is 2. The summed E-state index contributed by atoms with van der Waals surface area (Å²) in [4.78, 5) is 0. The van der Waals surface area contributed by atoms with Gasteiger partial charge in [-0.1, -0.05) is 6.42 Å². The van der Waals surface area contributed by atoms with Crippen LogP contribution in [0.1, 0.15) is 39.0 Å². The zero-order chi connectivity index (χ0) is 10.7. The minimum absolute atomic E-state index is 0.619. The van der Waals surface area contributed by atoms with Gasteiger partial charge >= 0.3 is 0 Å². The largest absolute Gasteiger partial charge is 0.318 e. The Kier molecular flexibility index (Phi) is 4.04. The predicted octanol–water partition coefficient (Wildman–Crippen LogP) is 2.01. The monoisotopic (exact) mass is 210 g/mol. The molecule has 4 unspecified atom stereocenters. The van der Waals surface area contributed by atoms with Crippen LogP contribution in [0.2, 0.25) is 0 Å². The summed E-state index contributed by atoms with van der Waals surface area (Å²) in [6.07, 6.45) is 7.56. The minimum Gasteiger partial charge on any atom is -0.318 e. The molecule has 0 spiro atoms. The fourth-order valence-corrected chi connectivity index (χ4v) is 3.62. The first-order valence-electron chi connectivity index (χ1n) is 6.67. The van der Waals surface area contributed by atoms with Crippen LogP contribution in [0.4, 0.5) is 0 Å². The quantitative estimate of drug-likeness (QED) is 0.701. The van der Waals surface area contributed by atoms with Crippen LogP contribution in [-0.4, -0.2) is 26.2 Å². The SMILES string of the molecule is CNCC(C)NCCC1CC2CCC1C2. The highest BCUT2D eigenvalue weighted by Crippen LogP contribution is 2.49. The van der Waals surface area contributed by atoms with Crippen molar-refractivity contribution in [1.29, 1.82) is 0 Å². The Bertz CT molecular complexity index is 193. The molecule has 2 fully saturated rings. The maximum atomic E-state index is 3.61. The van der Waals surface area contributed by atoms with Crippen molar-refractivity contribution in [1.82, 2.24) is 10.6 Å². The van der Waals surface area contributed by atoms with E-state index in [4.69, 9.17) is 0 Å². The Morgan fingerprint density at radius 3 is 2.73 bits per heavy atom. The fourth-order valence-electron chi connectivity index (χ4n) is 3.62. The molecular weight excluding hydrogens is 184 g/mol. The zero-order valence-corrected chi connectivity index (χ0v) is 10.3. The summed E-state index contributed by atoms with van der Waals surface area (Å²) in [7, 11) is 2.02. The van der Waals surface area contributed by atoms with Crippen LogP contribution >= 0.6 is 0 Å². The Morgan fingerprint density at radius 2 is 2.13 bits per heavy atom. The summed E-state index contributed by atoms with van der Waals surface area (Å²) in [6.45, 7) is 4.56. The predicted molar refractivity (Wildman–Crippen MR) is 64.9 cm³/mol. The number of likely N-dealkylation sites (N-methyl/N-ethyl adjacent to an activating group) is 1. The van der Waals surface area contributed by atoms with Crippen LogP contribution in [0.25, 0.3) is 0 Å². The standard InChI is InChI=1S/C13H26N2/c1-10(9-14-2)15-6-5-13-8-11-3-4-12(13)7-11/h10-15H,3-9H2,1-2H3.